The fraction of sp³-hybridized carbons (Fsp3) is 0.952. The first-order valence-corrected chi connectivity index (χ1v) is 23.2. The van der Waals surface area contributed by atoms with Gasteiger partial charge >= 0.3 is 19.8 Å². The van der Waals surface area contributed by atoms with Crippen LogP contribution in [0.15, 0.2) is 0 Å². The van der Waals surface area contributed by atoms with Gasteiger partial charge in [-0.1, -0.05) is 206 Å². The van der Waals surface area contributed by atoms with Gasteiger partial charge in [0.2, 0.25) is 0 Å². The van der Waals surface area contributed by atoms with Crippen LogP contribution in [0.2, 0.25) is 0 Å². The molecule has 0 aromatic rings. The van der Waals surface area contributed by atoms with Crippen LogP contribution in [0.1, 0.15) is 232 Å². The van der Waals surface area contributed by atoms with Crippen molar-refractivity contribution in [1.82, 2.24) is 0 Å². The van der Waals surface area contributed by atoms with E-state index in [0.717, 1.165) is 45.6 Å². The molecule has 51 heavy (non-hydrogen) atoms. The Morgan fingerprint density at radius 3 is 1.08 bits per heavy atom. The lowest BCUT2D eigenvalue weighted by Crippen LogP contribution is -2.29. The Morgan fingerprint density at radius 1 is 0.471 bits per heavy atom. The van der Waals surface area contributed by atoms with E-state index in [4.69, 9.17) is 14.0 Å². The fourth-order valence-corrected chi connectivity index (χ4v) is 6.94. The van der Waals surface area contributed by atoms with Crippen molar-refractivity contribution >= 4 is 19.8 Å². The number of esters is 2. The Morgan fingerprint density at radius 2 is 0.765 bits per heavy atom. The van der Waals surface area contributed by atoms with Crippen molar-refractivity contribution in [2.45, 2.75) is 238 Å². The van der Waals surface area contributed by atoms with Crippen LogP contribution in [0.25, 0.3) is 0 Å². The van der Waals surface area contributed by atoms with E-state index in [1.54, 1.807) is 0 Å². The first kappa shape index (κ1) is 50.1. The molecule has 0 bridgehead atoms. The van der Waals surface area contributed by atoms with Gasteiger partial charge in [0, 0.05) is 20.0 Å². The zero-order chi connectivity index (χ0) is 37.5. The first-order valence-electron chi connectivity index (χ1n) is 21.7. The number of carbonyl (C=O) groups excluding carboxylic acids is 2. The summed E-state index contributed by atoms with van der Waals surface area (Å²) in [5, 5.41) is 0. The standard InChI is InChI=1S/C42H83O8P/c1-4-6-8-10-12-14-16-17-18-19-20-21-22-23-24-25-26-27-29-31-33-35-37-42(44)50-40(39-49-51(45,46)47-3)38-48-41(43)36-34-32-30-28-15-13-11-9-7-5-2/h40H,4-39H2,1-3H3,(H,45,46). The van der Waals surface area contributed by atoms with Gasteiger partial charge in [0.15, 0.2) is 6.10 Å². The van der Waals surface area contributed by atoms with Crippen LogP contribution < -0.4 is 0 Å². The number of phosphoric ester groups is 1. The average molecular weight is 747 g/mol. The Kier molecular flexibility index (Phi) is 38.0. The smallest absolute Gasteiger partial charge is 0.462 e. The summed E-state index contributed by atoms with van der Waals surface area (Å²) >= 11 is 0. The summed E-state index contributed by atoms with van der Waals surface area (Å²) in [7, 11) is -3.18. The minimum Gasteiger partial charge on any atom is -0.462 e. The normalized spacial score (nSPS) is 13.3. The molecule has 0 saturated carbocycles. The highest BCUT2D eigenvalue weighted by atomic mass is 31.2. The number of carbonyl (C=O) groups is 2. The molecular weight excluding hydrogens is 663 g/mol. The van der Waals surface area contributed by atoms with Gasteiger partial charge in [0.05, 0.1) is 6.61 Å². The molecule has 0 rings (SSSR count). The van der Waals surface area contributed by atoms with Gasteiger partial charge in [-0.05, 0) is 12.8 Å². The minimum absolute atomic E-state index is 0.217. The average Bonchev–Trinajstić information content (AvgIpc) is 3.12. The second kappa shape index (κ2) is 38.8. The van der Waals surface area contributed by atoms with E-state index in [9.17, 15) is 19.0 Å². The van der Waals surface area contributed by atoms with Gasteiger partial charge < -0.3 is 14.4 Å². The summed E-state index contributed by atoms with van der Waals surface area (Å²) in [6, 6.07) is 0. The molecular formula is C42H83O8P. The van der Waals surface area contributed by atoms with Crippen molar-refractivity contribution in [2.24, 2.45) is 0 Å². The van der Waals surface area contributed by atoms with E-state index >= 15 is 0 Å². The summed E-state index contributed by atoms with van der Waals surface area (Å²) < 4.78 is 31.9. The Balaban J connectivity index is 3.85. The molecule has 0 aromatic heterocycles. The SMILES string of the molecule is CCCCCCCCCCCCCCCCCCCCCCCCC(=O)OC(COC(=O)CCCCCCCCCCCC)COP(=O)(O)OC. The molecule has 0 aliphatic carbocycles. The fourth-order valence-electron chi connectivity index (χ4n) is 6.48. The van der Waals surface area contributed by atoms with E-state index in [1.165, 1.54) is 167 Å². The third-order valence-electron chi connectivity index (χ3n) is 9.85. The number of unbranched alkanes of at least 4 members (excludes halogenated alkanes) is 30. The minimum atomic E-state index is -4.25. The number of hydrogen-bond donors (Lipinski definition) is 1. The molecule has 0 amide bonds. The zero-order valence-electron chi connectivity index (χ0n) is 33.8. The summed E-state index contributed by atoms with van der Waals surface area (Å²) in [6.45, 7) is 3.90. The maximum atomic E-state index is 12.5. The van der Waals surface area contributed by atoms with Crippen LogP contribution in [0.5, 0.6) is 0 Å². The van der Waals surface area contributed by atoms with Gasteiger partial charge in [-0.25, -0.2) is 4.57 Å². The maximum Gasteiger partial charge on any atom is 0.472 e. The maximum absolute atomic E-state index is 12.5. The second-order valence-electron chi connectivity index (χ2n) is 14.8. The molecule has 0 spiro atoms. The van der Waals surface area contributed by atoms with Gasteiger partial charge in [-0.2, -0.15) is 0 Å². The van der Waals surface area contributed by atoms with Crippen molar-refractivity contribution < 1.29 is 37.6 Å². The molecule has 0 aliphatic heterocycles. The number of ether oxygens (including phenoxy) is 2. The molecule has 0 aliphatic rings. The van der Waals surface area contributed by atoms with Crippen LogP contribution >= 0.6 is 7.82 Å². The molecule has 0 heterocycles. The van der Waals surface area contributed by atoms with Gasteiger partial charge in [0.25, 0.3) is 0 Å². The van der Waals surface area contributed by atoms with Crippen molar-refractivity contribution in [1.29, 1.82) is 0 Å². The Hall–Kier alpha value is -0.950. The summed E-state index contributed by atoms with van der Waals surface area (Å²) in [4.78, 5) is 34.4. The van der Waals surface area contributed by atoms with Crippen molar-refractivity contribution in [3.63, 3.8) is 0 Å². The van der Waals surface area contributed by atoms with E-state index in [-0.39, 0.29) is 19.0 Å². The molecule has 0 fully saturated rings. The lowest BCUT2D eigenvalue weighted by molar-refractivity contribution is -0.161. The molecule has 1 N–H and O–H groups in total. The zero-order valence-corrected chi connectivity index (χ0v) is 34.7. The molecule has 0 aromatic carbocycles. The van der Waals surface area contributed by atoms with E-state index in [1.807, 2.05) is 0 Å². The highest BCUT2D eigenvalue weighted by molar-refractivity contribution is 7.47. The highest BCUT2D eigenvalue weighted by Crippen LogP contribution is 2.42. The predicted molar refractivity (Wildman–Crippen MR) is 212 cm³/mol. The van der Waals surface area contributed by atoms with E-state index < -0.39 is 26.5 Å². The lowest BCUT2D eigenvalue weighted by Gasteiger charge is -2.19. The summed E-state index contributed by atoms with van der Waals surface area (Å²) in [5.41, 5.74) is 0. The topological polar surface area (TPSA) is 108 Å². The van der Waals surface area contributed by atoms with Crippen molar-refractivity contribution in [2.75, 3.05) is 20.3 Å². The monoisotopic (exact) mass is 747 g/mol. The van der Waals surface area contributed by atoms with Crippen LogP contribution in [0.3, 0.4) is 0 Å². The van der Waals surface area contributed by atoms with Gasteiger partial charge in [-0.15, -0.1) is 0 Å². The van der Waals surface area contributed by atoms with E-state index in [0.29, 0.717) is 6.42 Å². The molecule has 8 nitrogen and oxygen atoms in total. The van der Waals surface area contributed by atoms with Crippen molar-refractivity contribution in [3.05, 3.63) is 0 Å². The predicted octanol–water partition coefficient (Wildman–Crippen LogP) is 13.5. The molecule has 0 saturated heterocycles. The highest BCUT2D eigenvalue weighted by Gasteiger charge is 2.24. The number of phosphoric acid groups is 1. The van der Waals surface area contributed by atoms with Crippen LogP contribution in [0, 0.1) is 0 Å². The lowest BCUT2D eigenvalue weighted by atomic mass is 10.0. The summed E-state index contributed by atoms with van der Waals surface area (Å²) in [5.74, 6) is -0.790. The third kappa shape index (κ3) is 38.6. The summed E-state index contributed by atoms with van der Waals surface area (Å²) in [6.07, 6.45) is 40.3. The van der Waals surface area contributed by atoms with Crippen LogP contribution in [0.4, 0.5) is 0 Å². The molecule has 304 valence electrons. The molecule has 9 heteroatoms. The number of rotatable bonds is 41. The molecule has 2 unspecified atom stereocenters. The van der Waals surface area contributed by atoms with E-state index in [2.05, 4.69) is 18.4 Å². The third-order valence-corrected chi connectivity index (χ3v) is 10.8. The largest absolute Gasteiger partial charge is 0.472 e. The number of hydrogen-bond acceptors (Lipinski definition) is 7. The van der Waals surface area contributed by atoms with Crippen LogP contribution in [-0.2, 0) is 32.7 Å². The Bertz CT molecular complexity index is 808. The quantitative estimate of drug-likeness (QED) is 0.0374. The first-order chi connectivity index (χ1) is 24.8. The molecule has 0 radical (unpaired) electrons. The second-order valence-corrected chi connectivity index (χ2v) is 16.4. The van der Waals surface area contributed by atoms with Gasteiger partial charge in [-0.3, -0.25) is 18.6 Å². The van der Waals surface area contributed by atoms with Crippen LogP contribution in [-0.4, -0.2) is 43.3 Å². The Labute approximate surface area is 315 Å². The van der Waals surface area contributed by atoms with Crippen molar-refractivity contribution in [3.8, 4) is 0 Å². The molecule has 2 atom stereocenters. The van der Waals surface area contributed by atoms with Gasteiger partial charge in [0.1, 0.15) is 6.61 Å².